The normalized spacial score (nSPS) is 10.8. The molecule has 1 aromatic heterocycles. The standard InChI is InChI=1S/C8H15FN4S/c1-2-13-7(6-10)11-12-8(13)14-5-3-4-9/h2-6,10H2,1H3. The quantitative estimate of drug-likeness (QED) is 0.576. The fourth-order valence-corrected chi connectivity index (χ4v) is 2.04. The molecule has 0 fully saturated rings. The van der Waals surface area contributed by atoms with Gasteiger partial charge >= 0.3 is 0 Å². The summed E-state index contributed by atoms with van der Waals surface area (Å²) in [5, 5.41) is 8.80. The van der Waals surface area contributed by atoms with Gasteiger partial charge in [0.2, 0.25) is 0 Å². The average Bonchev–Trinajstić information content (AvgIpc) is 2.60. The smallest absolute Gasteiger partial charge is 0.191 e. The third-order valence-corrected chi connectivity index (χ3v) is 2.85. The fourth-order valence-electron chi connectivity index (χ4n) is 1.11. The van der Waals surface area contributed by atoms with Crippen molar-refractivity contribution in [3.05, 3.63) is 5.82 Å². The Morgan fingerprint density at radius 1 is 1.50 bits per heavy atom. The van der Waals surface area contributed by atoms with Crippen molar-refractivity contribution >= 4 is 11.8 Å². The van der Waals surface area contributed by atoms with Crippen molar-refractivity contribution in [2.75, 3.05) is 12.4 Å². The minimum atomic E-state index is -0.281. The van der Waals surface area contributed by atoms with Crippen molar-refractivity contribution in [3.8, 4) is 0 Å². The van der Waals surface area contributed by atoms with E-state index < -0.39 is 0 Å². The van der Waals surface area contributed by atoms with Gasteiger partial charge in [-0.15, -0.1) is 10.2 Å². The molecule has 4 nitrogen and oxygen atoms in total. The number of nitrogens with zero attached hydrogens (tertiary/aromatic N) is 3. The molecule has 0 radical (unpaired) electrons. The molecule has 14 heavy (non-hydrogen) atoms. The van der Waals surface area contributed by atoms with Gasteiger partial charge in [0.25, 0.3) is 0 Å². The number of halogens is 1. The van der Waals surface area contributed by atoms with Crippen LogP contribution in [-0.2, 0) is 13.1 Å². The van der Waals surface area contributed by atoms with E-state index in [-0.39, 0.29) is 6.67 Å². The first kappa shape index (κ1) is 11.5. The maximum Gasteiger partial charge on any atom is 0.191 e. The minimum absolute atomic E-state index is 0.281. The molecular formula is C8H15FN4S. The number of hydrogen-bond acceptors (Lipinski definition) is 4. The maximum atomic E-state index is 11.9. The van der Waals surface area contributed by atoms with Crippen molar-refractivity contribution in [2.24, 2.45) is 5.73 Å². The lowest BCUT2D eigenvalue weighted by Crippen LogP contribution is -2.08. The molecule has 0 aliphatic heterocycles. The second kappa shape index (κ2) is 5.98. The van der Waals surface area contributed by atoms with Crippen LogP contribution >= 0.6 is 11.8 Å². The number of aromatic nitrogens is 3. The number of alkyl halides is 1. The zero-order valence-corrected chi connectivity index (χ0v) is 9.06. The lowest BCUT2D eigenvalue weighted by atomic mass is 10.6. The molecular weight excluding hydrogens is 203 g/mol. The van der Waals surface area contributed by atoms with Crippen LogP contribution in [0.15, 0.2) is 5.16 Å². The molecule has 0 atom stereocenters. The first-order valence-corrected chi connectivity index (χ1v) is 5.63. The molecule has 80 valence electrons. The maximum absolute atomic E-state index is 11.9. The van der Waals surface area contributed by atoms with Gasteiger partial charge in [-0.1, -0.05) is 11.8 Å². The number of hydrogen-bond donors (Lipinski definition) is 1. The third kappa shape index (κ3) is 2.68. The highest BCUT2D eigenvalue weighted by Crippen LogP contribution is 2.17. The summed E-state index contributed by atoms with van der Waals surface area (Å²) in [5.74, 6) is 1.52. The summed E-state index contributed by atoms with van der Waals surface area (Å²) in [7, 11) is 0. The Hall–Kier alpha value is -0.620. The minimum Gasteiger partial charge on any atom is -0.324 e. The van der Waals surface area contributed by atoms with Crippen LogP contribution in [0.5, 0.6) is 0 Å². The van der Waals surface area contributed by atoms with Crippen molar-refractivity contribution in [1.82, 2.24) is 14.8 Å². The van der Waals surface area contributed by atoms with Gasteiger partial charge in [-0.25, -0.2) is 0 Å². The second-order valence-corrected chi connectivity index (χ2v) is 3.80. The monoisotopic (exact) mass is 218 g/mol. The summed E-state index contributed by atoms with van der Waals surface area (Å²) < 4.78 is 13.8. The van der Waals surface area contributed by atoms with Crippen LogP contribution in [0.4, 0.5) is 4.39 Å². The Morgan fingerprint density at radius 3 is 2.86 bits per heavy atom. The Morgan fingerprint density at radius 2 is 2.29 bits per heavy atom. The molecule has 0 aromatic carbocycles. The van der Waals surface area contributed by atoms with E-state index in [4.69, 9.17) is 5.73 Å². The first-order valence-electron chi connectivity index (χ1n) is 4.64. The summed E-state index contributed by atoms with van der Waals surface area (Å²) in [6.45, 7) is 2.93. The van der Waals surface area contributed by atoms with Gasteiger partial charge < -0.3 is 10.3 Å². The van der Waals surface area contributed by atoms with Gasteiger partial charge in [0.1, 0.15) is 5.82 Å². The molecule has 0 amide bonds. The Labute approximate surface area is 87.1 Å². The lowest BCUT2D eigenvalue weighted by Gasteiger charge is -2.04. The topological polar surface area (TPSA) is 56.7 Å². The third-order valence-electron chi connectivity index (χ3n) is 1.80. The molecule has 1 heterocycles. The van der Waals surface area contributed by atoms with Crippen molar-refractivity contribution in [2.45, 2.75) is 31.6 Å². The van der Waals surface area contributed by atoms with E-state index in [9.17, 15) is 4.39 Å². The van der Waals surface area contributed by atoms with E-state index in [1.165, 1.54) is 11.8 Å². The van der Waals surface area contributed by atoms with E-state index >= 15 is 0 Å². The number of rotatable bonds is 6. The summed E-state index contributed by atoms with van der Waals surface area (Å²) in [5.41, 5.74) is 5.50. The second-order valence-electron chi connectivity index (χ2n) is 2.74. The molecule has 6 heteroatoms. The van der Waals surface area contributed by atoms with Gasteiger partial charge in [-0.3, -0.25) is 4.39 Å². The molecule has 0 saturated carbocycles. The molecule has 0 saturated heterocycles. The molecule has 0 aliphatic rings. The van der Waals surface area contributed by atoms with E-state index in [0.717, 1.165) is 23.3 Å². The fraction of sp³-hybridized carbons (Fsp3) is 0.750. The molecule has 1 aromatic rings. The van der Waals surface area contributed by atoms with Crippen LogP contribution in [0.25, 0.3) is 0 Å². The van der Waals surface area contributed by atoms with Gasteiger partial charge in [-0.05, 0) is 13.3 Å². The Kier molecular flexibility index (Phi) is 4.89. The van der Waals surface area contributed by atoms with Crippen LogP contribution in [0, 0.1) is 0 Å². The molecule has 2 N–H and O–H groups in total. The summed E-state index contributed by atoms with van der Waals surface area (Å²) in [6, 6.07) is 0. The van der Waals surface area contributed by atoms with Gasteiger partial charge in [0.05, 0.1) is 13.2 Å². The van der Waals surface area contributed by atoms with Crippen molar-refractivity contribution < 1.29 is 4.39 Å². The molecule has 0 unspecified atom stereocenters. The van der Waals surface area contributed by atoms with Crippen LogP contribution in [0.1, 0.15) is 19.2 Å². The Bertz CT molecular complexity index is 276. The van der Waals surface area contributed by atoms with Crippen LogP contribution in [-0.4, -0.2) is 27.2 Å². The SMILES string of the molecule is CCn1c(CN)nnc1SCCCF. The molecule has 1 rings (SSSR count). The molecule has 0 aliphatic carbocycles. The highest BCUT2D eigenvalue weighted by atomic mass is 32.2. The zero-order chi connectivity index (χ0) is 10.4. The molecule has 0 bridgehead atoms. The van der Waals surface area contributed by atoms with E-state index in [2.05, 4.69) is 10.2 Å². The number of nitrogens with two attached hydrogens (primary N) is 1. The number of thioether (sulfide) groups is 1. The van der Waals surface area contributed by atoms with Crippen molar-refractivity contribution in [3.63, 3.8) is 0 Å². The molecule has 0 spiro atoms. The van der Waals surface area contributed by atoms with Crippen LogP contribution in [0.2, 0.25) is 0 Å². The van der Waals surface area contributed by atoms with Crippen LogP contribution in [0.3, 0.4) is 0 Å². The van der Waals surface area contributed by atoms with Gasteiger partial charge in [0, 0.05) is 12.3 Å². The summed E-state index contributed by atoms with van der Waals surface area (Å²) in [4.78, 5) is 0. The highest BCUT2D eigenvalue weighted by Gasteiger charge is 2.08. The average molecular weight is 218 g/mol. The van der Waals surface area contributed by atoms with Crippen molar-refractivity contribution in [1.29, 1.82) is 0 Å². The largest absolute Gasteiger partial charge is 0.324 e. The Balaban J connectivity index is 2.61. The van der Waals surface area contributed by atoms with E-state index in [0.29, 0.717) is 13.0 Å². The van der Waals surface area contributed by atoms with E-state index in [1.807, 2.05) is 11.5 Å². The predicted molar refractivity (Wildman–Crippen MR) is 54.9 cm³/mol. The predicted octanol–water partition coefficient (Wildman–Crippen LogP) is 1.21. The summed E-state index contributed by atoms with van der Waals surface area (Å²) in [6.07, 6.45) is 0.555. The zero-order valence-electron chi connectivity index (χ0n) is 8.24. The van der Waals surface area contributed by atoms with Crippen LogP contribution < -0.4 is 5.73 Å². The first-order chi connectivity index (χ1) is 6.83. The highest BCUT2D eigenvalue weighted by molar-refractivity contribution is 7.99. The van der Waals surface area contributed by atoms with Gasteiger partial charge in [0.15, 0.2) is 5.16 Å². The van der Waals surface area contributed by atoms with E-state index in [1.54, 1.807) is 0 Å². The lowest BCUT2D eigenvalue weighted by molar-refractivity contribution is 0.489. The summed E-state index contributed by atoms with van der Waals surface area (Å²) >= 11 is 1.53. The van der Waals surface area contributed by atoms with Gasteiger partial charge in [-0.2, -0.15) is 0 Å².